The Hall–Kier alpha value is -6.78. The molecule has 0 amide bonds. The Morgan fingerprint density at radius 3 is 1.45 bits per heavy atom. The molecule has 0 spiro atoms. The van der Waals surface area contributed by atoms with Gasteiger partial charge in [0.25, 0.3) is 6.71 Å². The van der Waals surface area contributed by atoms with Crippen molar-refractivity contribution in [2.24, 2.45) is 0 Å². The van der Waals surface area contributed by atoms with Crippen LogP contribution in [0.15, 0.2) is 170 Å². The summed E-state index contributed by atoms with van der Waals surface area (Å²) in [7, 11) is 0. The lowest BCUT2D eigenvalue weighted by atomic mass is 9.33. The molecule has 0 saturated carbocycles. The van der Waals surface area contributed by atoms with Crippen LogP contribution < -0.4 is 31.1 Å². The van der Waals surface area contributed by atoms with Gasteiger partial charge in [-0.2, -0.15) is 0 Å². The van der Waals surface area contributed by atoms with Gasteiger partial charge in [0.2, 0.25) is 0 Å². The van der Waals surface area contributed by atoms with E-state index in [4.69, 9.17) is 0 Å². The van der Waals surface area contributed by atoms with Gasteiger partial charge in [-0.1, -0.05) is 188 Å². The maximum atomic E-state index is 2.72. The van der Waals surface area contributed by atoms with Crippen LogP contribution in [0.1, 0.15) is 156 Å². The zero-order valence-corrected chi connectivity index (χ0v) is 47.9. The van der Waals surface area contributed by atoms with Gasteiger partial charge in [0.05, 0.1) is 5.69 Å². The number of rotatable bonds is 6. The van der Waals surface area contributed by atoms with Crippen molar-refractivity contribution in [1.29, 1.82) is 0 Å². The second-order valence-corrected chi connectivity index (χ2v) is 27.6. The zero-order chi connectivity index (χ0) is 53.5. The molecule has 0 saturated heterocycles. The van der Waals surface area contributed by atoms with Crippen molar-refractivity contribution >= 4 is 74.3 Å². The lowest BCUT2D eigenvalue weighted by molar-refractivity contribution is 0.332. The van der Waals surface area contributed by atoms with Gasteiger partial charge in [0, 0.05) is 51.1 Å². The number of benzene rings is 8. The minimum Gasteiger partial charge on any atom is -0.311 e. The molecule has 0 aromatic heterocycles. The highest BCUT2D eigenvalue weighted by molar-refractivity contribution is 7.00. The second-order valence-electron chi connectivity index (χ2n) is 27.6. The predicted octanol–water partition coefficient (Wildman–Crippen LogP) is 18.2. The lowest BCUT2D eigenvalue weighted by Gasteiger charge is -2.48. The smallest absolute Gasteiger partial charge is 0.252 e. The summed E-state index contributed by atoms with van der Waals surface area (Å²) < 4.78 is 0. The standard InChI is InChI=1S/C72H78BN3/c1-67(2,3)48-30-35-61(54(40-48)47-24-18-15-19-25-47)76-62-44-53(74(50-26-20-16-21-27-50)51-28-22-17-23-29-51)32-34-59(62)73-60-45-57-58(72(13,14)39-38-71(57,11)12)46-63(60)75(64-41-49(68(4,5)6)42-65(76)66(64)73)52-31-33-55-56(43-52)70(9,10)37-36-69(55,7)8/h15-35,40-46H,36-39H2,1-14H3. The van der Waals surface area contributed by atoms with E-state index in [1.807, 2.05) is 0 Å². The summed E-state index contributed by atoms with van der Waals surface area (Å²) in [6, 6.07) is 65.7. The molecule has 0 N–H and O–H groups in total. The van der Waals surface area contributed by atoms with E-state index in [2.05, 4.69) is 281 Å². The minimum absolute atomic E-state index is 0.0178. The van der Waals surface area contributed by atoms with Gasteiger partial charge >= 0.3 is 0 Å². The molecule has 8 aromatic carbocycles. The van der Waals surface area contributed by atoms with Gasteiger partial charge in [-0.05, 0) is 192 Å². The van der Waals surface area contributed by atoms with E-state index in [0.29, 0.717) is 0 Å². The molecule has 76 heavy (non-hydrogen) atoms. The fourth-order valence-corrected chi connectivity index (χ4v) is 13.5. The Morgan fingerprint density at radius 2 is 0.882 bits per heavy atom. The number of anilines is 9. The van der Waals surface area contributed by atoms with E-state index in [1.54, 1.807) is 0 Å². The number of para-hydroxylation sites is 2. The third-order valence-corrected chi connectivity index (χ3v) is 18.5. The number of fused-ring (bicyclic) bond motifs is 6. The Kier molecular flexibility index (Phi) is 11.4. The normalized spacial score (nSPS) is 17.5. The quantitative estimate of drug-likeness (QED) is 0.154. The monoisotopic (exact) mass is 996 g/mol. The summed E-state index contributed by atoms with van der Waals surface area (Å²) in [5.41, 5.74) is 25.9. The predicted molar refractivity (Wildman–Crippen MR) is 329 cm³/mol. The van der Waals surface area contributed by atoms with Crippen LogP contribution in [0.2, 0.25) is 0 Å². The van der Waals surface area contributed by atoms with Crippen LogP contribution in [-0.4, -0.2) is 6.71 Å². The van der Waals surface area contributed by atoms with Gasteiger partial charge in [0.15, 0.2) is 0 Å². The molecule has 384 valence electrons. The molecule has 8 aromatic rings. The van der Waals surface area contributed by atoms with Gasteiger partial charge in [-0.25, -0.2) is 0 Å². The first-order chi connectivity index (χ1) is 35.9. The van der Waals surface area contributed by atoms with Gasteiger partial charge in [0.1, 0.15) is 0 Å². The molecule has 0 radical (unpaired) electrons. The zero-order valence-electron chi connectivity index (χ0n) is 47.9. The van der Waals surface area contributed by atoms with Crippen LogP contribution in [0.25, 0.3) is 11.1 Å². The summed E-state index contributed by atoms with van der Waals surface area (Å²) in [5.74, 6) is 0. The van der Waals surface area contributed by atoms with E-state index in [9.17, 15) is 0 Å². The van der Waals surface area contributed by atoms with E-state index in [0.717, 1.165) is 36.3 Å². The number of hydrogen-bond donors (Lipinski definition) is 0. The maximum absolute atomic E-state index is 2.72. The van der Waals surface area contributed by atoms with E-state index in [1.165, 1.54) is 101 Å². The van der Waals surface area contributed by atoms with Crippen LogP contribution in [-0.2, 0) is 32.5 Å². The SMILES string of the molecule is CC(C)(C)c1ccc(N2c3cc(N(c4ccccc4)c4ccccc4)ccc3B3c4cc5c(cc4N(c4ccc6c(c4)C(C)(C)CCC6(C)C)c4cc(C(C)(C)C)cc2c43)C(C)(C)CCC5(C)C)c(-c2ccccc2)c1. The molecule has 0 bridgehead atoms. The lowest BCUT2D eigenvalue weighted by Crippen LogP contribution is -2.62. The molecular formula is C72H78BN3. The Balaban J connectivity index is 1.23. The number of hydrogen-bond acceptors (Lipinski definition) is 3. The first kappa shape index (κ1) is 50.1. The summed E-state index contributed by atoms with van der Waals surface area (Å²) in [6.45, 7) is 34.0. The van der Waals surface area contributed by atoms with E-state index >= 15 is 0 Å². The molecular weight excluding hydrogens is 918 g/mol. The molecule has 2 aliphatic heterocycles. The summed E-state index contributed by atoms with van der Waals surface area (Å²) >= 11 is 0. The van der Waals surface area contributed by atoms with Crippen LogP contribution in [0.3, 0.4) is 0 Å². The molecule has 2 aliphatic carbocycles. The van der Waals surface area contributed by atoms with E-state index in [-0.39, 0.29) is 39.2 Å². The molecule has 0 unspecified atom stereocenters. The third-order valence-electron chi connectivity index (χ3n) is 18.5. The van der Waals surface area contributed by atoms with Gasteiger partial charge in [-0.15, -0.1) is 0 Å². The Bertz CT molecular complexity index is 3530. The van der Waals surface area contributed by atoms with Crippen molar-refractivity contribution in [3.05, 3.63) is 203 Å². The van der Waals surface area contributed by atoms with Crippen molar-refractivity contribution in [3.8, 4) is 11.1 Å². The Labute approximate surface area is 456 Å². The average Bonchev–Trinajstić information content (AvgIpc) is 3.40. The fourth-order valence-electron chi connectivity index (χ4n) is 13.5. The first-order valence-corrected chi connectivity index (χ1v) is 28.3. The van der Waals surface area contributed by atoms with Gasteiger partial charge < -0.3 is 14.7 Å². The van der Waals surface area contributed by atoms with Crippen LogP contribution >= 0.6 is 0 Å². The average molecular weight is 996 g/mol. The van der Waals surface area contributed by atoms with Crippen molar-refractivity contribution in [2.75, 3.05) is 14.7 Å². The summed E-state index contributed by atoms with van der Waals surface area (Å²) in [5, 5.41) is 0. The largest absolute Gasteiger partial charge is 0.311 e. The summed E-state index contributed by atoms with van der Waals surface area (Å²) in [6.07, 6.45) is 4.66. The number of nitrogens with zero attached hydrogens (tertiary/aromatic N) is 3. The molecule has 0 atom stereocenters. The van der Waals surface area contributed by atoms with Crippen molar-refractivity contribution in [1.82, 2.24) is 0 Å². The molecule has 0 fully saturated rings. The molecule has 4 aliphatic rings. The van der Waals surface area contributed by atoms with Crippen LogP contribution in [0.4, 0.5) is 51.2 Å². The first-order valence-electron chi connectivity index (χ1n) is 28.3. The Morgan fingerprint density at radius 1 is 0.382 bits per heavy atom. The fraction of sp³-hybridized carbons (Fsp3) is 0.333. The van der Waals surface area contributed by atoms with Crippen molar-refractivity contribution in [3.63, 3.8) is 0 Å². The van der Waals surface area contributed by atoms with Gasteiger partial charge in [-0.3, -0.25) is 0 Å². The van der Waals surface area contributed by atoms with E-state index < -0.39 is 0 Å². The second kappa shape index (κ2) is 17.4. The van der Waals surface area contributed by atoms with Crippen molar-refractivity contribution < 1.29 is 0 Å². The van der Waals surface area contributed by atoms with Crippen molar-refractivity contribution in [2.45, 2.75) is 155 Å². The highest BCUT2D eigenvalue weighted by atomic mass is 15.2. The highest BCUT2D eigenvalue weighted by Gasteiger charge is 2.48. The van der Waals surface area contributed by atoms with Crippen LogP contribution in [0.5, 0.6) is 0 Å². The third kappa shape index (κ3) is 8.15. The molecule has 12 rings (SSSR count). The minimum atomic E-state index is -0.166. The maximum Gasteiger partial charge on any atom is 0.252 e. The molecule has 4 heteroatoms. The van der Waals surface area contributed by atoms with Crippen LogP contribution in [0, 0.1) is 0 Å². The topological polar surface area (TPSA) is 9.72 Å². The summed E-state index contributed by atoms with van der Waals surface area (Å²) in [4.78, 5) is 7.84. The molecule has 2 heterocycles. The molecule has 3 nitrogen and oxygen atoms in total. The highest BCUT2D eigenvalue weighted by Crippen LogP contribution is 2.54.